The molecule has 1 aromatic carbocycles. The molecule has 6 heteroatoms. The van der Waals surface area contributed by atoms with E-state index in [0.29, 0.717) is 34.7 Å². The number of carbonyl (C=O) groups is 2. The summed E-state index contributed by atoms with van der Waals surface area (Å²) in [6, 6.07) is 4.85. The third-order valence-corrected chi connectivity index (χ3v) is 5.09. The van der Waals surface area contributed by atoms with Gasteiger partial charge in [0.25, 0.3) is 0 Å². The third-order valence-electron chi connectivity index (χ3n) is 4.35. The maximum absolute atomic E-state index is 12.7. The Morgan fingerprint density at radius 2 is 1.78 bits per heavy atom. The molecule has 0 aromatic heterocycles. The van der Waals surface area contributed by atoms with Crippen molar-refractivity contribution < 1.29 is 9.59 Å². The molecule has 0 bridgehead atoms. The zero-order valence-corrected chi connectivity index (χ0v) is 15.2. The molecule has 0 unspecified atom stereocenters. The number of hydrogen-bond donors (Lipinski definition) is 1. The minimum absolute atomic E-state index is 0.137. The highest BCUT2D eigenvalue weighted by Gasteiger charge is 2.40. The van der Waals surface area contributed by atoms with Gasteiger partial charge in [-0.1, -0.05) is 30.1 Å². The lowest BCUT2D eigenvalue weighted by atomic mass is 9.88. The molecule has 1 aliphatic heterocycles. The maximum Gasteiger partial charge on any atom is 0.239 e. The van der Waals surface area contributed by atoms with Crippen molar-refractivity contribution in [3.05, 3.63) is 28.2 Å². The van der Waals surface area contributed by atoms with Crippen LogP contribution < -0.4 is 5.32 Å². The molecule has 1 fully saturated rings. The maximum atomic E-state index is 12.7. The number of rotatable bonds is 3. The first-order chi connectivity index (χ1) is 10.7. The summed E-state index contributed by atoms with van der Waals surface area (Å²) < 4.78 is 0. The van der Waals surface area contributed by atoms with Gasteiger partial charge in [0, 0.05) is 18.8 Å². The Morgan fingerprint density at radius 3 is 2.35 bits per heavy atom. The van der Waals surface area contributed by atoms with Gasteiger partial charge in [0.15, 0.2) is 0 Å². The minimum atomic E-state index is -1.13. The highest BCUT2D eigenvalue weighted by atomic mass is 35.5. The second-order valence-corrected chi connectivity index (χ2v) is 7.50. The Kier molecular flexibility index (Phi) is 5.58. The minimum Gasteiger partial charge on any atom is -0.342 e. The molecule has 1 N–H and O–H groups in total. The summed E-state index contributed by atoms with van der Waals surface area (Å²) in [4.78, 5) is 27.0. The van der Waals surface area contributed by atoms with Crippen LogP contribution in [0.1, 0.15) is 33.6 Å². The van der Waals surface area contributed by atoms with Gasteiger partial charge < -0.3 is 10.2 Å². The van der Waals surface area contributed by atoms with E-state index in [-0.39, 0.29) is 11.8 Å². The molecule has 23 heavy (non-hydrogen) atoms. The molecule has 1 aliphatic rings. The van der Waals surface area contributed by atoms with Crippen molar-refractivity contribution in [3.8, 4) is 0 Å². The first-order valence-corrected chi connectivity index (χ1v) is 8.53. The molecular formula is C17H22Cl2N2O2. The molecule has 2 rings (SSSR count). The zero-order chi connectivity index (χ0) is 17.2. The van der Waals surface area contributed by atoms with Crippen LogP contribution in [0.3, 0.4) is 0 Å². The molecular weight excluding hydrogens is 335 g/mol. The van der Waals surface area contributed by atoms with Crippen molar-refractivity contribution in [3.63, 3.8) is 0 Å². The Hall–Kier alpha value is -1.26. The van der Waals surface area contributed by atoms with E-state index in [9.17, 15) is 9.59 Å². The van der Waals surface area contributed by atoms with E-state index in [2.05, 4.69) is 12.2 Å². The van der Waals surface area contributed by atoms with Crippen molar-refractivity contribution in [2.75, 3.05) is 18.4 Å². The van der Waals surface area contributed by atoms with E-state index in [1.165, 1.54) is 0 Å². The van der Waals surface area contributed by atoms with Crippen LogP contribution in [0.4, 0.5) is 5.69 Å². The molecule has 0 radical (unpaired) electrons. The van der Waals surface area contributed by atoms with Gasteiger partial charge in [-0.25, -0.2) is 0 Å². The molecule has 126 valence electrons. The third kappa shape index (κ3) is 4.18. The number of nitrogens with one attached hydrogen (secondary N) is 1. The van der Waals surface area contributed by atoms with Crippen LogP contribution >= 0.6 is 23.2 Å². The number of nitrogens with zero attached hydrogens (tertiary/aromatic N) is 1. The summed E-state index contributed by atoms with van der Waals surface area (Å²) in [6.07, 6.45) is 1.96. The fourth-order valence-electron chi connectivity index (χ4n) is 2.57. The van der Waals surface area contributed by atoms with Gasteiger partial charge in [-0.05, 0) is 50.8 Å². The normalized spacial score (nSPS) is 16.3. The van der Waals surface area contributed by atoms with Crippen LogP contribution in [0.15, 0.2) is 18.2 Å². The van der Waals surface area contributed by atoms with Crippen molar-refractivity contribution in [1.29, 1.82) is 0 Å². The monoisotopic (exact) mass is 356 g/mol. The van der Waals surface area contributed by atoms with Gasteiger partial charge in [-0.2, -0.15) is 0 Å². The lowest BCUT2D eigenvalue weighted by Crippen LogP contribution is -2.49. The predicted octanol–water partition coefficient (Wildman–Crippen LogP) is 4.22. The second kappa shape index (κ2) is 7.10. The fraction of sp³-hybridized carbons (Fsp3) is 0.529. The van der Waals surface area contributed by atoms with Crippen LogP contribution in [-0.4, -0.2) is 29.8 Å². The number of amides is 2. The zero-order valence-electron chi connectivity index (χ0n) is 13.7. The van der Waals surface area contributed by atoms with Crippen molar-refractivity contribution in [1.82, 2.24) is 4.90 Å². The largest absolute Gasteiger partial charge is 0.342 e. The van der Waals surface area contributed by atoms with Gasteiger partial charge >= 0.3 is 0 Å². The van der Waals surface area contributed by atoms with Crippen molar-refractivity contribution in [2.24, 2.45) is 11.3 Å². The van der Waals surface area contributed by atoms with Gasteiger partial charge in [0.1, 0.15) is 5.41 Å². The quantitative estimate of drug-likeness (QED) is 0.824. The average molecular weight is 357 g/mol. The topological polar surface area (TPSA) is 49.4 Å². The van der Waals surface area contributed by atoms with E-state index >= 15 is 0 Å². The molecule has 4 nitrogen and oxygen atoms in total. The van der Waals surface area contributed by atoms with E-state index in [4.69, 9.17) is 23.2 Å². The second-order valence-electron chi connectivity index (χ2n) is 6.68. The van der Waals surface area contributed by atoms with Crippen LogP contribution in [0.2, 0.25) is 10.0 Å². The first-order valence-electron chi connectivity index (χ1n) is 7.77. The molecule has 0 saturated carbocycles. The average Bonchev–Trinajstić information content (AvgIpc) is 2.51. The predicted molar refractivity (Wildman–Crippen MR) is 93.9 cm³/mol. The highest BCUT2D eigenvalue weighted by molar-refractivity contribution is 6.42. The van der Waals surface area contributed by atoms with Gasteiger partial charge in [0.2, 0.25) is 11.8 Å². The summed E-state index contributed by atoms with van der Waals surface area (Å²) in [6.45, 7) is 6.91. The first kappa shape index (κ1) is 18.1. The highest BCUT2D eigenvalue weighted by Crippen LogP contribution is 2.28. The summed E-state index contributed by atoms with van der Waals surface area (Å²) >= 11 is 11.8. The van der Waals surface area contributed by atoms with E-state index in [1.54, 1.807) is 36.9 Å². The molecule has 1 aromatic rings. The number of hydrogen-bond acceptors (Lipinski definition) is 2. The molecule has 2 amide bonds. The number of likely N-dealkylation sites (tertiary alicyclic amines) is 1. The number of carbonyl (C=O) groups excluding carboxylic acids is 2. The summed E-state index contributed by atoms with van der Waals surface area (Å²) in [7, 11) is 0. The molecule has 0 aliphatic carbocycles. The van der Waals surface area contributed by atoms with Gasteiger partial charge in [0.05, 0.1) is 10.0 Å². The molecule has 1 heterocycles. The van der Waals surface area contributed by atoms with Crippen LogP contribution in [0.25, 0.3) is 0 Å². The van der Waals surface area contributed by atoms with Crippen molar-refractivity contribution >= 4 is 40.7 Å². The Labute approximate surface area is 147 Å². The summed E-state index contributed by atoms with van der Waals surface area (Å²) in [5.74, 6) is 0.147. The number of halogens is 2. The SMILES string of the molecule is CC1CCN(C(=O)C(C)(C)C(=O)Nc2ccc(Cl)c(Cl)c2)CC1. The van der Waals surface area contributed by atoms with Crippen LogP contribution in [-0.2, 0) is 9.59 Å². The molecule has 0 spiro atoms. The van der Waals surface area contributed by atoms with Crippen LogP contribution in [0.5, 0.6) is 0 Å². The number of benzene rings is 1. The van der Waals surface area contributed by atoms with Crippen molar-refractivity contribution in [2.45, 2.75) is 33.6 Å². The van der Waals surface area contributed by atoms with Crippen LogP contribution in [0, 0.1) is 11.3 Å². The smallest absolute Gasteiger partial charge is 0.239 e. The molecule has 0 atom stereocenters. The standard InChI is InChI=1S/C17H22Cl2N2O2/c1-11-6-8-21(9-7-11)16(23)17(2,3)15(22)20-12-4-5-13(18)14(19)10-12/h4-5,10-11H,6-9H2,1-3H3,(H,20,22). The summed E-state index contributed by atoms with van der Waals surface area (Å²) in [5.41, 5.74) is -0.607. The lowest BCUT2D eigenvalue weighted by molar-refractivity contribution is -0.147. The molecule has 1 saturated heterocycles. The fourth-order valence-corrected chi connectivity index (χ4v) is 2.86. The lowest BCUT2D eigenvalue weighted by Gasteiger charge is -2.35. The van der Waals surface area contributed by atoms with Gasteiger partial charge in [-0.15, -0.1) is 0 Å². The number of anilines is 1. The number of piperidine rings is 1. The van der Waals surface area contributed by atoms with Gasteiger partial charge in [-0.3, -0.25) is 9.59 Å². The van der Waals surface area contributed by atoms with E-state index in [1.807, 2.05) is 0 Å². The summed E-state index contributed by atoms with van der Waals surface area (Å²) in [5, 5.41) is 3.53. The Balaban J connectivity index is 2.06. The Bertz CT molecular complexity index is 609. The van der Waals surface area contributed by atoms with E-state index < -0.39 is 5.41 Å². The van der Waals surface area contributed by atoms with E-state index in [0.717, 1.165) is 12.8 Å². The Morgan fingerprint density at radius 1 is 1.17 bits per heavy atom.